The lowest BCUT2D eigenvalue weighted by Gasteiger charge is -2.20. The summed E-state index contributed by atoms with van der Waals surface area (Å²) >= 11 is 3.06. The molecular formula is C25H27BrF3N5O5. The molecule has 1 unspecified atom stereocenters. The lowest BCUT2D eigenvalue weighted by Crippen LogP contribution is -2.42. The number of Topliss-reactive ketones (excluding diaryl/α,β-unsaturated/α-hetero) is 1. The molecule has 0 saturated carbocycles. The second-order valence-electron chi connectivity index (χ2n) is 8.71. The monoisotopic (exact) mass is 613 g/mol. The number of carbonyl (C=O) groups excluding carboxylic acids is 3. The van der Waals surface area contributed by atoms with Crippen LogP contribution >= 0.6 is 15.9 Å². The Bertz CT molecular complexity index is 1240. The van der Waals surface area contributed by atoms with Crippen LogP contribution in [-0.2, 0) is 20.5 Å². The summed E-state index contributed by atoms with van der Waals surface area (Å²) in [7, 11) is 0. The number of rotatable bonds is 10. The van der Waals surface area contributed by atoms with Crippen LogP contribution in [0.1, 0.15) is 47.2 Å². The number of nitrogens with one attached hydrogen (secondary N) is 3. The molecule has 2 atom stereocenters. The van der Waals surface area contributed by atoms with Gasteiger partial charge in [-0.15, -0.1) is 0 Å². The van der Waals surface area contributed by atoms with Gasteiger partial charge in [-0.05, 0) is 36.8 Å². The topological polar surface area (TPSA) is 142 Å². The molecule has 2 heterocycles. The van der Waals surface area contributed by atoms with Crippen molar-refractivity contribution in [2.45, 2.75) is 38.0 Å². The molecule has 0 spiro atoms. The van der Waals surface area contributed by atoms with E-state index < -0.39 is 48.0 Å². The van der Waals surface area contributed by atoms with Crippen molar-refractivity contribution in [1.82, 2.24) is 15.6 Å². The molecule has 1 aliphatic heterocycles. The molecule has 0 radical (unpaired) electrons. The molecule has 1 aliphatic rings. The summed E-state index contributed by atoms with van der Waals surface area (Å²) in [6.07, 6.45) is -3.06. The van der Waals surface area contributed by atoms with Crippen LogP contribution in [0.15, 0.2) is 46.1 Å². The smallest absolute Gasteiger partial charge is 0.416 e. The Morgan fingerprint density at radius 1 is 1.21 bits per heavy atom. The van der Waals surface area contributed by atoms with E-state index in [1.807, 2.05) is 0 Å². The third-order valence-corrected chi connectivity index (χ3v) is 6.04. The highest BCUT2D eigenvalue weighted by Crippen LogP contribution is 2.35. The second-order valence-corrected chi connectivity index (χ2v) is 9.63. The van der Waals surface area contributed by atoms with E-state index in [2.05, 4.69) is 41.9 Å². The van der Waals surface area contributed by atoms with Gasteiger partial charge in [0, 0.05) is 29.6 Å². The van der Waals surface area contributed by atoms with Crippen LogP contribution in [0.4, 0.5) is 18.9 Å². The van der Waals surface area contributed by atoms with Crippen molar-refractivity contribution in [2.75, 3.05) is 31.6 Å². The molecule has 4 N–H and O–H groups in total. The molecule has 2 aromatic rings. The third kappa shape index (κ3) is 9.32. The lowest BCUT2D eigenvalue weighted by atomic mass is 9.89. The number of pyridine rings is 1. The number of esters is 1. The first kappa shape index (κ1) is 30.0. The molecule has 3 rings (SSSR count). The van der Waals surface area contributed by atoms with Crippen LogP contribution in [0, 0.1) is 0 Å². The number of aliphatic hydroxyl groups is 1. The normalized spacial score (nSPS) is 15.9. The maximum Gasteiger partial charge on any atom is 0.416 e. The Hall–Kier alpha value is -3.52. The fourth-order valence-electron chi connectivity index (χ4n) is 3.75. The quantitative estimate of drug-likeness (QED) is 0.300. The van der Waals surface area contributed by atoms with Crippen molar-refractivity contribution in [2.24, 2.45) is 4.99 Å². The maximum atomic E-state index is 13.3. The number of amides is 1. The first-order valence-corrected chi connectivity index (χ1v) is 12.8. The first-order valence-electron chi connectivity index (χ1n) is 12.0. The summed E-state index contributed by atoms with van der Waals surface area (Å²) < 4.78 is 45.1. The Balaban J connectivity index is 1.66. The van der Waals surface area contributed by atoms with Crippen LogP contribution in [0.2, 0.25) is 0 Å². The SMILES string of the molecule is CCOC(=O)C[C@H](CC(=O)CNC(=O)c1cncc(NC2=NCC(O)CN2)c1)c1cc(Br)cc(C(F)(F)F)c1. The molecule has 1 amide bonds. The number of aliphatic hydroxyl groups excluding tert-OH is 1. The van der Waals surface area contributed by atoms with Crippen LogP contribution in [0.25, 0.3) is 0 Å². The van der Waals surface area contributed by atoms with E-state index in [4.69, 9.17) is 4.74 Å². The zero-order valence-corrected chi connectivity index (χ0v) is 22.4. The molecule has 0 bridgehead atoms. The standard InChI is InChI=1S/C25H27BrF3N5O5/c1-2-39-22(37)7-15(14-3-17(25(27,28)29)8-18(26)4-14)6-20(35)11-31-23(38)16-5-19(10-30-9-16)34-24-32-12-21(36)13-33-24/h3-5,8-10,15,21,36H,2,6-7,11-13H2,1H3,(H,31,38)(H2,32,33,34)/t15-/m0/s1. The van der Waals surface area contributed by atoms with Gasteiger partial charge >= 0.3 is 12.1 Å². The Kier molecular flexibility index (Phi) is 10.4. The van der Waals surface area contributed by atoms with Gasteiger partial charge in [-0.2, -0.15) is 13.2 Å². The predicted octanol–water partition coefficient (Wildman–Crippen LogP) is 3.02. The van der Waals surface area contributed by atoms with Crippen LogP contribution < -0.4 is 16.0 Å². The average molecular weight is 614 g/mol. The molecule has 210 valence electrons. The van der Waals surface area contributed by atoms with Gasteiger partial charge in [0.1, 0.15) is 0 Å². The lowest BCUT2D eigenvalue weighted by molar-refractivity contribution is -0.143. The van der Waals surface area contributed by atoms with Crippen molar-refractivity contribution in [3.63, 3.8) is 0 Å². The Labute approximate surface area is 230 Å². The molecule has 14 heteroatoms. The number of hydrogen-bond acceptors (Lipinski definition) is 9. The highest BCUT2D eigenvalue weighted by atomic mass is 79.9. The van der Waals surface area contributed by atoms with Crippen molar-refractivity contribution in [3.8, 4) is 0 Å². The summed E-state index contributed by atoms with van der Waals surface area (Å²) in [5.41, 5.74) is -0.192. The molecule has 1 aromatic heterocycles. The van der Waals surface area contributed by atoms with Gasteiger partial charge in [-0.3, -0.25) is 24.4 Å². The molecule has 39 heavy (non-hydrogen) atoms. The number of ketones is 1. The highest BCUT2D eigenvalue weighted by Gasteiger charge is 2.32. The van der Waals surface area contributed by atoms with Crippen LogP contribution in [-0.4, -0.2) is 66.1 Å². The predicted molar refractivity (Wildman–Crippen MR) is 139 cm³/mol. The minimum absolute atomic E-state index is 0.0785. The molecule has 0 aliphatic carbocycles. The number of β-amino-alcohol motifs (C(OH)–C–C–N with tert-alkyl or cyclic N) is 1. The van der Waals surface area contributed by atoms with E-state index in [1.54, 1.807) is 6.92 Å². The zero-order chi connectivity index (χ0) is 28.6. The van der Waals surface area contributed by atoms with Gasteiger partial charge in [0.2, 0.25) is 0 Å². The van der Waals surface area contributed by atoms with E-state index in [1.165, 1.54) is 24.5 Å². The fourth-order valence-corrected chi connectivity index (χ4v) is 4.26. The number of guanidine groups is 1. The van der Waals surface area contributed by atoms with E-state index in [-0.39, 0.29) is 41.6 Å². The number of ether oxygens (including phenoxy) is 1. The number of anilines is 1. The summed E-state index contributed by atoms with van der Waals surface area (Å²) in [5.74, 6) is -2.24. The summed E-state index contributed by atoms with van der Waals surface area (Å²) in [4.78, 5) is 45.7. The van der Waals surface area contributed by atoms with E-state index >= 15 is 0 Å². The van der Waals surface area contributed by atoms with E-state index in [0.717, 1.165) is 12.1 Å². The van der Waals surface area contributed by atoms with Gasteiger partial charge < -0.3 is 25.8 Å². The van der Waals surface area contributed by atoms with Gasteiger partial charge in [0.15, 0.2) is 11.7 Å². The maximum absolute atomic E-state index is 13.3. The highest BCUT2D eigenvalue weighted by molar-refractivity contribution is 9.10. The minimum Gasteiger partial charge on any atom is -0.466 e. The summed E-state index contributed by atoms with van der Waals surface area (Å²) in [6, 6.07) is 4.72. The number of carbonyl (C=O) groups is 3. The number of benzene rings is 1. The van der Waals surface area contributed by atoms with Gasteiger partial charge in [0.25, 0.3) is 5.91 Å². The van der Waals surface area contributed by atoms with Gasteiger partial charge in [-0.25, -0.2) is 0 Å². The average Bonchev–Trinajstić information content (AvgIpc) is 2.87. The second kappa shape index (κ2) is 13.5. The molecule has 0 fully saturated rings. The van der Waals surface area contributed by atoms with Crippen molar-refractivity contribution < 1.29 is 37.4 Å². The Morgan fingerprint density at radius 3 is 2.64 bits per heavy atom. The van der Waals surface area contributed by atoms with Gasteiger partial charge in [0.05, 0.1) is 55.2 Å². The fraction of sp³-hybridized carbons (Fsp3) is 0.400. The van der Waals surface area contributed by atoms with Gasteiger partial charge in [-0.1, -0.05) is 15.9 Å². The number of aliphatic imine (C=N–C) groups is 1. The summed E-state index contributed by atoms with van der Waals surface area (Å²) in [5, 5.41) is 17.8. The molecule has 10 nitrogen and oxygen atoms in total. The molecule has 0 saturated heterocycles. The number of nitrogens with zero attached hydrogens (tertiary/aromatic N) is 2. The third-order valence-electron chi connectivity index (χ3n) is 5.59. The molecular weight excluding hydrogens is 587 g/mol. The number of alkyl halides is 3. The van der Waals surface area contributed by atoms with Crippen molar-refractivity contribution >= 4 is 45.2 Å². The summed E-state index contributed by atoms with van der Waals surface area (Å²) in [6.45, 7) is 1.80. The van der Waals surface area contributed by atoms with Crippen molar-refractivity contribution in [1.29, 1.82) is 0 Å². The van der Waals surface area contributed by atoms with Crippen LogP contribution in [0.5, 0.6) is 0 Å². The number of hydrogen-bond donors (Lipinski definition) is 4. The van der Waals surface area contributed by atoms with E-state index in [0.29, 0.717) is 18.2 Å². The Morgan fingerprint density at radius 2 is 1.97 bits per heavy atom. The zero-order valence-electron chi connectivity index (χ0n) is 20.8. The largest absolute Gasteiger partial charge is 0.466 e. The number of aromatic nitrogens is 1. The first-order chi connectivity index (χ1) is 18.4. The molecule has 1 aromatic carbocycles. The van der Waals surface area contributed by atoms with Crippen molar-refractivity contribution in [3.05, 3.63) is 57.8 Å². The van der Waals surface area contributed by atoms with E-state index in [9.17, 15) is 32.7 Å². The minimum atomic E-state index is -4.62. The number of halogens is 4. The van der Waals surface area contributed by atoms with Crippen LogP contribution in [0.3, 0.4) is 0 Å².